The standard InChI is InChI=1S/C32H39FN8O3/c1-19-8-9-29(36-35-19)41-21(3)30(20(2)37-41)32(44)40-15-24-13-38(14-25(24)16-40)11-10-28(23-6-5-7-27(33)12-23)34-31(43)26-17-39(18-26)22(4)42/h5-9,12,24-26,28H,10-11,13-18H2,1-4H3,(H,34,43)/t24?,25?,28-/m0/s1. The fourth-order valence-corrected chi connectivity index (χ4v) is 6.83. The van der Waals surface area contributed by atoms with Gasteiger partial charge in [-0.2, -0.15) is 10.2 Å². The zero-order chi connectivity index (χ0) is 31.1. The smallest absolute Gasteiger partial charge is 0.257 e. The van der Waals surface area contributed by atoms with Crippen LogP contribution in [0.5, 0.6) is 0 Å². The van der Waals surface area contributed by atoms with Gasteiger partial charge in [0, 0.05) is 52.7 Å². The number of benzene rings is 1. The predicted molar refractivity (Wildman–Crippen MR) is 160 cm³/mol. The molecular weight excluding hydrogens is 563 g/mol. The number of aryl methyl sites for hydroxylation is 2. The second kappa shape index (κ2) is 12.1. The fourth-order valence-electron chi connectivity index (χ4n) is 6.83. The quantitative estimate of drug-likeness (QED) is 0.421. The number of hydrogen-bond acceptors (Lipinski definition) is 7. The third-order valence-corrected chi connectivity index (χ3v) is 9.35. The minimum absolute atomic E-state index is 0.000449. The van der Waals surface area contributed by atoms with E-state index in [1.807, 2.05) is 43.9 Å². The van der Waals surface area contributed by atoms with Crippen molar-refractivity contribution in [1.82, 2.24) is 40.0 Å². The van der Waals surface area contributed by atoms with Crippen LogP contribution >= 0.6 is 0 Å². The summed E-state index contributed by atoms with van der Waals surface area (Å²) in [5.41, 5.74) is 3.60. The van der Waals surface area contributed by atoms with Gasteiger partial charge in [0.1, 0.15) is 5.82 Å². The average molecular weight is 603 g/mol. The Balaban J connectivity index is 1.06. The maximum Gasteiger partial charge on any atom is 0.257 e. The van der Waals surface area contributed by atoms with Crippen LogP contribution < -0.4 is 5.32 Å². The van der Waals surface area contributed by atoms with Gasteiger partial charge in [0.2, 0.25) is 11.8 Å². The molecule has 11 nitrogen and oxygen atoms in total. The zero-order valence-electron chi connectivity index (χ0n) is 25.7. The molecule has 0 bridgehead atoms. The Kier molecular flexibility index (Phi) is 8.19. The molecule has 3 amide bonds. The van der Waals surface area contributed by atoms with E-state index in [2.05, 4.69) is 25.5 Å². The number of nitrogens with zero attached hydrogens (tertiary/aromatic N) is 7. The lowest BCUT2D eigenvalue weighted by molar-refractivity contribution is -0.141. The van der Waals surface area contributed by atoms with Crippen molar-refractivity contribution in [1.29, 1.82) is 0 Å². The molecule has 2 unspecified atom stereocenters. The van der Waals surface area contributed by atoms with Gasteiger partial charge in [0.25, 0.3) is 5.91 Å². The molecule has 5 heterocycles. The summed E-state index contributed by atoms with van der Waals surface area (Å²) in [6.45, 7) is 11.8. The molecule has 1 N–H and O–H groups in total. The normalized spacial score (nSPS) is 20.8. The van der Waals surface area contributed by atoms with Crippen molar-refractivity contribution in [2.45, 2.75) is 40.2 Å². The first kappa shape index (κ1) is 29.9. The summed E-state index contributed by atoms with van der Waals surface area (Å²) in [6, 6.07) is 9.79. The minimum atomic E-state index is -0.337. The zero-order valence-corrected chi connectivity index (χ0v) is 25.7. The Morgan fingerprint density at radius 1 is 0.955 bits per heavy atom. The SMILES string of the molecule is CC(=O)N1CC(C(=O)N[C@@H](CCN2CC3CN(C(=O)c4c(C)nn(-c5ccc(C)nn5)c4C)CC3C2)c2cccc(F)c2)C1. The van der Waals surface area contributed by atoms with E-state index in [1.165, 1.54) is 19.1 Å². The Labute approximate surface area is 256 Å². The first-order valence-electron chi connectivity index (χ1n) is 15.3. The van der Waals surface area contributed by atoms with Crippen LogP contribution in [0.2, 0.25) is 0 Å². The van der Waals surface area contributed by atoms with E-state index in [1.54, 1.807) is 15.6 Å². The van der Waals surface area contributed by atoms with E-state index in [0.717, 1.165) is 36.6 Å². The molecule has 44 heavy (non-hydrogen) atoms. The fraction of sp³-hybridized carbons (Fsp3) is 0.500. The maximum atomic E-state index is 14.1. The molecule has 0 spiro atoms. The second-order valence-corrected chi connectivity index (χ2v) is 12.5. The largest absolute Gasteiger partial charge is 0.349 e. The van der Waals surface area contributed by atoms with Gasteiger partial charge in [0.15, 0.2) is 5.82 Å². The van der Waals surface area contributed by atoms with Crippen LogP contribution in [0.25, 0.3) is 5.82 Å². The molecule has 3 aliphatic heterocycles. The monoisotopic (exact) mass is 602 g/mol. The predicted octanol–water partition coefficient (Wildman–Crippen LogP) is 2.46. The summed E-state index contributed by atoms with van der Waals surface area (Å²) in [5.74, 6) is 0.605. The van der Waals surface area contributed by atoms with Crippen LogP contribution in [0.4, 0.5) is 4.39 Å². The van der Waals surface area contributed by atoms with Gasteiger partial charge in [0.05, 0.1) is 34.6 Å². The molecular formula is C32H39FN8O3. The summed E-state index contributed by atoms with van der Waals surface area (Å²) in [4.78, 5) is 44.2. The number of carbonyl (C=O) groups excluding carboxylic acids is 3. The van der Waals surface area contributed by atoms with E-state index in [4.69, 9.17) is 0 Å². The number of hydrogen-bond donors (Lipinski definition) is 1. The molecule has 3 atom stereocenters. The Hall–Kier alpha value is -4.19. The number of nitrogens with one attached hydrogen (secondary N) is 1. The lowest BCUT2D eigenvalue weighted by Gasteiger charge is -2.38. The van der Waals surface area contributed by atoms with Gasteiger partial charge in [-0.1, -0.05) is 12.1 Å². The highest BCUT2D eigenvalue weighted by molar-refractivity contribution is 5.96. The van der Waals surface area contributed by atoms with Crippen molar-refractivity contribution in [3.63, 3.8) is 0 Å². The van der Waals surface area contributed by atoms with E-state index in [9.17, 15) is 18.8 Å². The van der Waals surface area contributed by atoms with Crippen LogP contribution in [-0.2, 0) is 9.59 Å². The number of likely N-dealkylation sites (tertiary alicyclic amines) is 3. The van der Waals surface area contributed by atoms with Crippen LogP contribution in [0, 0.1) is 44.3 Å². The molecule has 3 fully saturated rings. The molecule has 0 radical (unpaired) electrons. The van der Waals surface area contributed by atoms with Crippen LogP contribution in [0.3, 0.4) is 0 Å². The van der Waals surface area contributed by atoms with Crippen LogP contribution in [-0.4, -0.2) is 98.2 Å². The van der Waals surface area contributed by atoms with E-state index < -0.39 is 0 Å². The molecule has 1 aromatic carbocycles. The Morgan fingerprint density at radius 3 is 2.32 bits per heavy atom. The number of aromatic nitrogens is 4. The Bertz CT molecular complexity index is 1550. The van der Waals surface area contributed by atoms with Gasteiger partial charge in [-0.25, -0.2) is 9.07 Å². The first-order chi connectivity index (χ1) is 21.1. The van der Waals surface area contributed by atoms with Gasteiger partial charge < -0.3 is 20.0 Å². The summed E-state index contributed by atoms with van der Waals surface area (Å²) >= 11 is 0. The lowest BCUT2D eigenvalue weighted by atomic mass is 9.97. The topological polar surface area (TPSA) is 117 Å². The summed E-state index contributed by atoms with van der Waals surface area (Å²) in [7, 11) is 0. The van der Waals surface area contributed by atoms with Crippen molar-refractivity contribution in [3.8, 4) is 5.82 Å². The Morgan fingerprint density at radius 2 is 1.68 bits per heavy atom. The number of amides is 3. The molecule has 6 rings (SSSR count). The molecule has 232 valence electrons. The molecule has 3 aliphatic rings. The average Bonchev–Trinajstić information content (AvgIpc) is 3.61. The molecule has 12 heteroatoms. The van der Waals surface area contributed by atoms with E-state index in [0.29, 0.717) is 61.5 Å². The highest BCUT2D eigenvalue weighted by Crippen LogP contribution is 2.33. The van der Waals surface area contributed by atoms with Crippen LogP contribution in [0.15, 0.2) is 36.4 Å². The highest BCUT2D eigenvalue weighted by Gasteiger charge is 2.43. The number of fused-ring (bicyclic) bond motifs is 1. The first-order valence-corrected chi connectivity index (χ1v) is 15.3. The van der Waals surface area contributed by atoms with E-state index >= 15 is 0 Å². The minimum Gasteiger partial charge on any atom is -0.349 e. The maximum absolute atomic E-state index is 14.1. The third kappa shape index (κ3) is 5.95. The number of rotatable bonds is 8. The van der Waals surface area contributed by atoms with Crippen molar-refractivity contribution < 1.29 is 18.8 Å². The van der Waals surface area contributed by atoms with Gasteiger partial charge in [-0.3, -0.25) is 14.4 Å². The van der Waals surface area contributed by atoms with Gasteiger partial charge >= 0.3 is 0 Å². The molecule has 2 aromatic heterocycles. The van der Waals surface area contributed by atoms with Crippen molar-refractivity contribution in [2.75, 3.05) is 45.8 Å². The van der Waals surface area contributed by atoms with Crippen LogP contribution in [0.1, 0.15) is 52.4 Å². The second-order valence-electron chi connectivity index (χ2n) is 12.5. The molecule has 0 aliphatic carbocycles. The summed E-state index contributed by atoms with van der Waals surface area (Å²) in [6.07, 6.45) is 0.639. The summed E-state index contributed by atoms with van der Waals surface area (Å²) in [5, 5.41) is 16.1. The molecule has 3 aromatic rings. The third-order valence-electron chi connectivity index (χ3n) is 9.35. The van der Waals surface area contributed by atoms with Crippen molar-refractivity contribution in [3.05, 3.63) is 70.4 Å². The lowest BCUT2D eigenvalue weighted by Crippen LogP contribution is -2.55. The van der Waals surface area contributed by atoms with Crippen molar-refractivity contribution >= 4 is 17.7 Å². The summed E-state index contributed by atoms with van der Waals surface area (Å²) < 4.78 is 15.8. The molecule has 3 saturated heterocycles. The van der Waals surface area contributed by atoms with Gasteiger partial charge in [-0.05, 0) is 68.9 Å². The van der Waals surface area contributed by atoms with Crippen molar-refractivity contribution in [2.24, 2.45) is 17.8 Å². The van der Waals surface area contributed by atoms with E-state index in [-0.39, 0.29) is 35.5 Å². The molecule has 0 saturated carbocycles. The highest BCUT2D eigenvalue weighted by atomic mass is 19.1. The van der Waals surface area contributed by atoms with Gasteiger partial charge in [-0.15, -0.1) is 5.10 Å². The number of halogens is 1. The number of carbonyl (C=O) groups is 3.